The van der Waals surface area contributed by atoms with Gasteiger partial charge in [-0.1, -0.05) is 30.3 Å². The first-order chi connectivity index (χ1) is 6.47. The summed E-state index contributed by atoms with van der Waals surface area (Å²) in [6.45, 7) is 0. The van der Waals surface area contributed by atoms with Gasteiger partial charge in [0, 0.05) is 6.08 Å². The first-order valence-corrected chi connectivity index (χ1v) is 4.96. The van der Waals surface area contributed by atoms with Crippen LogP contribution in [0.1, 0.15) is 5.56 Å². The van der Waals surface area contributed by atoms with E-state index < -0.39 is 16.3 Å². The lowest BCUT2D eigenvalue weighted by molar-refractivity contribution is 0.198. The molecular weight excluding hydrogens is 208 g/mol. The molecule has 0 bridgehead atoms. The van der Waals surface area contributed by atoms with E-state index in [-0.39, 0.29) is 0 Å². The molecule has 0 saturated heterocycles. The van der Waals surface area contributed by atoms with Crippen molar-refractivity contribution < 1.29 is 22.3 Å². The Balaban J connectivity index is 2.80. The summed E-state index contributed by atoms with van der Waals surface area (Å²) in [5.74, 6) is -0.890. The van der Waals surface area contributed by atoms with E-state index in [0.717, 1.165) is 6.08 Å². The summed E-state index contributed by atoms with van der Waals surface area (Å²) in [7, 11) is -4.66. The second-order valence-electron chi connectivity index (χ2n) is 2.40. The Bertz CT molecular complexity index is 420. The van der Waals surface area contributed by atoms with Gasteiger partial charge in [0.1, 0.15) is 0 Å². The fourth-order valence-corrected chi connectivity index (χ4v) is 1.09. The van der Waals surface area contributed by atoms with Crippen molar-refractivity contribution >= 4 is 16.5 Å². The molecule has 1 aromatic carbocycles. The number of benzene rings is 1. The molecule has 1 rings (SSSR count). The molecule has 0 unspecified atom stereocenters. The first-order valence-electron chi connectivity index (χ1n) is 3.60. The van der Waals surface area contributed by atoms with Crippen LogP contribution in [0.4, 0.5) is 0 Å². The van der Waals surface area contributed by atoms with Crippen LogP contribution >= 0.6 is 0 Å². The molecule has 1 aromatic rings. The van der Waals surface area contributed by atoms with E-state index in [4.69, 9.17) is 9.66 Å². The molecule has 0 amide bonds. The Kier molecular flexibility index (Phi) is 3.10. The van der Waals surface area contributed by atoms with Crippen LogP contribution in [0.15, 0.2) is 36.3 Å². The lowest BCUT2D eigenvalue weighted by Gasteiger charge is -1.98. The van der Waals surface area contributed by atoms with Crippen molar-refractivity contribution in [2.75, 3.05) is 0 Å². The Morgan fingerprint density at radius 3 is 2.36 bits per heavy atom. The van der Waals surface area contributed by atoms with Gasteiger partial charge in [-0.3, -0.25) is 4.55 Å². The molecule has 6 heteroatoms. The molecule has 0 aliphatic heterocycles. The zero-order chi connectivity index (χ0) is 10.6. The number of hydrogen-bond acceptors (Lipinski definition) is 4. The second kappa shape index (κ2) is 4.12. The van der Waals surface area contributed by atoms with Crippen LogP contribution in [-0.4, -0.2) is 18.1 Å². The van der Waals surface area contributed by atoms with E-state index in [1.807, 2.05) is 0 Å². The van der Waals surface area contributed by atoms with Gasteiger partial charge in [0.2, 0.25) is 0 Å². The van der Waals surface area contributed by atoms with Gasteiger partial charge in [0.05, 0.1) is 0 Å². The molecule has 0 saturated carbocycles. The van der Waals surface area contributed by atoms with Crippen molar-refractivity contribution in [1.29, 1.82) is 0 Å². The number of rotatable bonds is 3. The zero-order valence-electron chi connectivity index (χ0n) is 6.99. The van der Waals surface area contributed by atoms with Gasteiger partial charge in [-0.15, -0.1) is 0 Å². The largest absolute Gasteiger partial charge is 0.480 e. The van der Waals surface area contributed by atoms with Gasteiger partial charge in [-0.25, -0.2) is 0 Å². The minimum absolute atomic E-state index is 0.550. The lowest BCUT2D eigenvalue weighted by Crippen LogP contribution is -2.02. The summed E-state index contributed by atoms with van der Waals surface area (Å²) in [4.78, 5) is 0. The van der Waals surface area contributed by atoms with Crippen molar-refractivity contribution in [1.82, 2.24) is 0 Å². The fraction of sp³-hybridized carbons (Fsp3) is 0. The van der Waals surface area contributed by atoms with Crippen LogP contribution in [0.2, 0.25) is 0 Å². The fourth-order valence-electron chi connectivity index (χ4n) is 0.824. The molecule has 5 nitrogen and oxygen atoms in total. The highest BCUT2D eigenvalue weighted by Crippen LogP contribution is 2.06. The molecule has 0 aliphatic rings. The SMILES string of the molecule is O=S(=O)(O)OC(O)=Cc1ccccc1. The Hall–Kier alpha value is -1.53. The third kappa shape index (κ3) is 3.92. The maximum atomic E-state index is 10.2. The molecule has 0 fully saturated rings. The molecule has 0 aliphatic carbocycles. The standard InChI is InChI=1S/C8H8O5S/c9-8(13-14(10,11)12)6-7-4-2-1-3-5-7/h1-6,9H,(H,10,11,12). The maximum absolute atomic E-state index is 10.2. The Morgan fingerprint density at radius 1 is 1.29 bits per heavy atom. The minimum atomic E-state index is -4.66. The first kappa shape index (κ1) is 10.6. The van der Waals surface area contributed by atoms with Gasteiger partial charge in [-0.05, 0) is 5.56 Å². The van der Waals surface area contributed by atoms with E-state index in [9.17, 15) is 8.42 Å². The Morgan fingerprint density at radius 2 is 1.86 bits per heavy atom. The number of hydrogen-bond donors (Lipinski definition) is 2. The maximum Gasteiger partial charge on any atom is 0.449 e. The highest BCUT2D eigenvalue weighted by atomic mass is 32.3. The van der Waals surface area contributed by atoms with Crippen LogP contribution in [0, 0.1) is 0 Å². The van der Waals surface area contributed by atoms with E-state index >= 15 is 0 Å². The Labute approximate surface area is 81.2 Å². The van der Waals surface area contributed by atoms with Crippen LogP contribution in [-0.2, 0) is 14.6 Å². The van der Waals surface area contributed by atoms with Crippen molar-refractivity contribution in [3.05, 3.63) is 41.8 Å². The van der Waals surface area contributed by atoms with E-state index in [1.54, 1.807) is 30.3 Å². The van der Waals surface area contributed by atoms with Crippen LogP contribution in [0.3, 0.4) is 0 Å². The second-order valence-corrected chi connectivity index (χ2v) is 3.43. The minimum Gasteiger partial charge on any atom is -0.480 e. The normalized spacial score (nSPS) is 12.5. The molecule has 0 atom stereocenters. The van der Waals surface area contributed by atoms with Crippen LogP contribution in [0.25, 0.3) is 6.08 Å². The van der Waals surface area contributed by atoms with Crippen LogP contribution in [0.5, 0.6) is 0 Å². The molecule has 0 aromatic heterocycles. The average Bonchev–Trinajstić information content (AvgIpc) is 2.02. The van der Waals surface area contributed by atoms with Gasteiger partial charge in [-0.2, -0.15) is 8.42 Å². The highest BCUT2D eigenvalue weighted by molar-refractivity contribution is 7.81. The monoisotopic (exact) mass is 216 g/mol. The smallest absolute Gasteiger partial charge is 0.449 e. The molecule has 14 heavy (non-hydrogen) atoms. The molecule has 0 heterocycles. The summed E-state index contributed by atoms with van der Waals surface area (Å²) >= 11 is 0. The summed E-state index contributed by atoms with van der Waals surface area (Å²) < 4.78 is 32.3. The summed E-state index contributed by atoms with van der Waals surface area (Å²) in [6, 6.07) is 8.42. The van der Waals surface area contributed by atoms with E-state index in [1.165, 1.54) is 0 Å². The predicted octanol–water partition coefficient (Wildman–Crippen LogP) is 1.36. The molecule has 0 spiro atoms. The van der Waals surface area contributed by atoms with Gasteiger partial charge in [0.15, 0.2) is 0 Å². The summed E-state index contributed by atoms with van der Waals surface area (Å²) in [5.41, 5.74) is 0.550. The molecular formula is C8H8O5S. The van der Waals surface area contributed by atoms with Gasteiger partial charge >= 0.3 is 10.4 Å². The quantitative estimate of drug-likeness (QED) is 0.588. The highest BCUT2D eigenvalue weighted by Gasteiger charge is 2.07. The number of aliphatic hydroxyl groups is 1. The number of aliphatic hydroxyl groups excluding tert-OH is 1. The van der Waals surface area contributed by atoms with E-state index in [0.29, 0.717) is 5.56 Å². The topological polar surface area (TPSA) is 83.8 Å². The van der Waals surface area contributed by atoms with Crippen LogP contribution < -0.4 is 0 Å². The van der Waals surface area contributed by atoms with Gasteiger partial charge in [0.25, 0.3) is 5.95 Å². The van der Waals surface area contributed by atoms with Crippen molar-refractivity contribution in [3.63, 3.8) is 0 Å². The molecule has 76 valence electrons. The molecule has 0 radical (unpaired) electrons. The third-order valence-corrected chi connectivity index (χ3v) is 1.66. The lowest BCUT2D eigenvalue weighted by atomic mass is 10.2. The van der Waals surface area contributed by atoms with Crippen molar-refractivity contribution in [2.45, 2.75) is 0 Å². The van der Waals surface area contributed by atoms with Gasteiger partial charge < -0.3 is 9.29 Å². The third-order valence-electron chi connectivity index (χ3n) is 1.28. The predicted molar refractivity (Wildman–Crippen MR) is 49.7 cm³/mol. The zero-order valence-corrected chi connectivity index (χ0v) is 7.81. The average molecular weight is 216 g/mol. The molecule has 2 N–H and O–H groups in total. The summed E-state index contributed by atoms with van der Waals surface area (Å²) in [6.07, 6.45) is 1.06. The summed E-state index contributed by atoms with van der Waals surface area (Å²) in [5, 5.41) is 8.94. The van der Waals surface area contributed by atoms with Crippen molar-refractivity contribution in [2.24, 2.45) is 0 Å². The van der Waals surface area contributed by atoms with Crippen molar-refractivity contribution in [3.8, 4) is 0 Å². The van der Waals surface area contributed by atoms with E-state index in [2.05, 4.69) is 4.18 Å².